The van der Waals surface area contributed by atoms with Crippen molar-refractivity contribution in [2.45, 2.75) is 19.9 Å². The molecular formula is C17H17N3O2. The molecule has 3 N–H and O–H groups in total. The Balaban J connectivity index is 2.30. The number of carboxylic acid groups (broad SMARTS) is 1. The van der Waals surface area contributed by atoms with Gasteiger partial charge < -0.3 is 15.4 Å². The molecule has 1 aromatic heterocycles. The summed E-state index contributed by atoms with van der Waals surface area (Å²) in [6.07, 6.45) is 0. The molecule has 2 aromatic carbocycles. The summed E-state index contributed by atoms with van der Waals surface area (Å²) in [6.45, 7) is 3.58. The Kier molecular flexibility index (Phi) is 3.33. The van der Waals surface area contributed by atoms with E-state index in [1.165, 1.54) is 0 Å². The van der Waals surface area contributed by atoms with E-state index in [1.807, 2.05) is 49.4 Å². The lowest BCUT2D eigenvalue weighted by atomic mass is 10.1. The molecule has 0 bridgehead atoms. The van der Waals surface area contributed by atoms with Crippen LogP contribution < -0.4 is 5.73 Å². The molecule has 0 spiro atoms. The van der Waals surface area contributed by atoms with Gasteiger partial charge in [0.05, 0.1) is 11.0 Å². The molecule has 5 nitrogen and oxygen atoms in total. The number of benzene rings is 2. The lowest BCUT2D eigenvalue weighted by molar-refractivity contribution is -0.140. The maximum atomic E-state index is 11.5. The molecule has 1 atom stereocenters. The molecule has 3 rings (SSSR count). The Labute approximate surface area is 128 Å². The van der Waals surface area contributed by atoms with Gasteiger partial charge in [-0.25, -0.2) is 9.78 Å². The number of hydrogen-bond donors (Lipinski definition) is 2. The van der Waals surface area contributed by atoms with Crippen molar-refractivity contribution in [3.05, 3.63) is 48.0 Å². The number of carbonyl (C=O) groups is 1. The lowest BCUT2D eigenvalue weighted by Gasteiger charge is -2.14. The highest BCUT2D eigenvalue weighted by atomic mass is 16.4. The number of para-hydroxylation sites is 2. The molecule has 3 aromatic rings. The van der Waals surface area contributed by atoms with E-state index in [-0.39, 0.29) is 0 Å². The first-order valence-electron chi connectivity index (χ1n) is 7.05. The van der Waals surface area contributed by atoms with Crippen LogP contribution in [0.15, 0.2) is 42.5 Å². The first-order chi connectivity index (χ1) is 10.5. The summed E-state index contributed by atoms with van der Waals surface area (Å²) in [7, 11) is 0. The lowest BCUT2D eigenvalue weighted by Crippen LogP contribution is -2.16. The van der Waals surface area contributed by atoms with Crippen molar-refractivity contribution in [1.29, 1.82) is 0 Å². The summed E-state index contributed by atoms with van der Waals surface area (Å²) in [6, 6.07) is 12.5. The van der Waals surface area contributed by atoms with Crippen LogP contribution in [0.1, 0.15) is 18.5 Å². The van der Waals surface area contributed by atoms with Crippen molar-refractivity contribution in [2.24, 2.45) is 0 Å². The van der Waals surface area contributed by atoms with Gasteiger partial charge in [-0.05, 0) is 37.6 Å². The molecule has 5 heteroatoms. The standard InChI is InChI=1S/C17H17N3O2/c1-10-7-8-12(9-13(10)18)16-19-14-5-3-4-6-15(14)20(16)11(2)17(21)22/h3-9,11H,18H2,1-2H3,(H,21,22). The van der Waals surface area contributed by atoms with Crippen LogP contribution in [-0.2, 0) is 4.79 Å². The van der Waals surface area contributed by atoms with Gasteiger partial charge in [-0.3, -0.25) is 0 Å². The number of aliphatic carboxylic acids is 1. The fourth-order valence-electron chi connectivity index (χ4n) is 2.53. The zero-order chi connectivity index (χ0) is 15.9. The number of nitrogens with two attached hydrogens (primary N) is 1. The van der Waals surface area contributed by atoms with E-state index in [9.17, 15) is 9.90 Å². The molecular weight excluding hydrogens is 278 g/mol. The van der Waals surface area contributed by atoms with Gasteiger partial charge in [0.15, 0.2) is 0 Å². The van der Waals surface area contributed by atoms with Crippen LogP contribution in [0.25, 0.3) is 22.4 Å². The highest BCUT2D eigenvalue weighted by molar-refractivity contribution is 5.84. The molecule has 22 heavy (non-hydrogen) atoms. The third-order valence-electron chi connectivity index (χ3n) is 3.88. The molecule has 0 radical (unpaired) electrons. The van der Waals surface area contributed by atoms with Gasteiger partial charge in [-0.1, -0.05) is 24.3 Å². The molecule has 0 amide bonds. The number of imidazole rings is 1. The van der Waals surface area contributed by atoms with E-state index >= 15 is 0 Å². The topological polar surface area (TPSA) is 81.1 Å². The number of aromatic nitrogens is 2. The Morgan fingerprint density at radius 2 is 2.00 bits per heavy atom. The minimum atomic E-state index is -0.899. The summed E-state index contributed by atoms with van der Waals surface area (Å²) in [5, 5.41) is 9.41. The molecule has 0 saturated heterocycles. The zero-order valence-corrected chi connectivity index (χ0v) is 12.4. The van der Waals surface area contributed by atoms with Gasteiger partial charge in [0.25, 0.3) is 0 Å². The van der Waals surface area contributed by atoms with E-state index in [0.717, 1.165) is 22.2 Å². The predicted molar refractivity (Wildman–Crippen MR) is 86.7 cm³/mol. The molecule has 0 fully saturated rings. The predicted octanol–water partition coefficient (Wildman–Crippen LogP) is 3.24. The molecule has 1 unspecified atom stereocenters. The Hall–Kier alpha value is -2.82. The minimum Gasteiger partial charge on any atom is -0.480 e. The van der Waals surface area contributed by atoms with Crippen molar-refractivity contribution >= 4 is 22.7 Å². The normalized spacial score (nSPS) is 12.5. The smallest absolute Gasteiger partial charge is 0.326 e. The second-order valence-corrected chi connectivity index (χ2v) is 5.38. The van der Waals surface area contributed by atoms with Gasteiger partial charge >= 0.3 is 5.97 Å². The monoisotopic (exact) mass is 295 g/mol. The maximum Gasteiger partial charge on any atom is 0.326 e. The summed E-state index contributed by atoms with van der Waals surface area (Å²) >= 11 is 0. The minimum absolute atomic E-state index is 0.614. The van der Waals surface area contributed by atoms with Crippen molar-refractivity contribution in [2.75, 3.05) is 5.73 Å². The van der Waals surface area contributed by atoms with Crippen LogP contribution in [0.5, 0.6) is 0 Å². The number of aryl methyl sites for hydroxylation is 1. The van der Waals surface area contributed by atoms with E-state index in [0.29, 0.717) is 11.5 Å². The molecule has 0 aliphatic heterocycles. The summed E-state index contributed by atoms with van der Waals surface area (Å²) in [5.74, 6) is -0.285. The van der Waals surface area contributed by atoms with E-state index in [1.54, 1.807) is 11.5 Å². The van der Waals surface area contributed by atoms with Crippen LogP contribution >= 0.6 is 0 Å². The van der Waals surface area contributed by atoms with Gasteiger partial charge in [-0.2, -0.15) is 0 Å². The van der Waals surface area contributed by atoms with Crippen LogP contribution in [0.3, 0.4) is 0 Å². The highest BCUT2D eigenvalue weighted by Gasteiger charge is 2.21. The second kappa shape index (κ2) is 5.18. The molecule has 0 aliphatic carbocycles. The van der Waals surface area contributed by atoms with Gasteiger partial charge in [0, 0.05) is 11.3 Å². The van der Waals surface area contributed by atoms with Crippen molar-refractivity contribution in [1.82, 2.24) is 9.55 Å². The van der Waals surface area contributed by atoms with Gasteiger partial charge in [-0.15, -0.1) is 0 Å². The van der Waals surface area contributed by atoms with Crippen LogP contribution in [0.2, 0.25) is 0 Å². The number of fused-ring (bicyclic) bond motifs is 1. The van der Waals surface area contributed by atoms with Crippen molar-refractivity contribution in [3.63, 3.8) is 0 Å². The summed E-state index contributed by atoms with van der Waals surface area (Å²) in [4.78, 5) is 16.1. The number of nitrogens with zero attached hydrogens (tertiary/aromatic N) is 2. The number of carboxylic acids is 1. The van der Waals surface area contributed by atoms with Crippen molar-refractivity contribution in [3.8, 4) is 11.4 Å². The average Bonchev–Trinajstić information content (AvgIpc) is 2.88. The van der Waals surface area contributed by atoms with Crippen LogP contribution in [0.4, 0.5) is 5.69 Å². The molecule has 112 valence electrons. The Morgan fingerprint density at radius 1 is 1.27 bits per heavy atom. The van der Waals surface area contributed by atoms with Crippen LogP contribution in [0, 0.1) is 6.92 Å². The number of rotatable bonds is 3. The first kappa shape index (κ1) is 14.1. The fraction of sp³-hybridized carbons (Fsp3) is 0.176. The molecule has 0 saturated carbocycles. The Bertz CT molecular complexity index is 867. The van der Waals surface area contributed by atoms with E-state index in [2.05, 4.69) is 4.98 Å². The quantitative estimate of drug-likeness (QED) is 0.727. The number of hydrogen-bond acceptors (Lipinski definition) is 3. The average molecular weight is 295 g/mol. The second-order valence-electron chi connectivity index (χ2n) is 5.38. The number of nitrogen functional groups attached to an aromatic ring is 1. The van der Waals surface area contributed by atoms with Gasteiger partial charge in [0.2, 0.25) is 0 Å². The van der Waals surface area contributed by atoms with E-state index in [4.69, 9.17) is 5.73 Å². The SMILES string of the molecule is Cc1ccc(-c2nc3ccccc3n2C(C)C(=O)O)cc1N. The summed E-state index contributed by atoms with van der Waals surface area (Å²) in [5.41, 5.74) is 10.0. The fourth-order valence-corrected chi connectivity index (χ4v) is 2.53. The van der Waals surface area contributed by atoms with E-state index < -0.39 is 12.0 Å². The zero-order valence-electron chi connectivity index (χ0n) is 12.4. The first-order valence-corrected chi connectivity index (χ1v) is 7.05. The van der Waals surface area contributed by atoms with Crippen molar-refractivity contribution < 1.29 is 9.90 Å². The van der Waals surface area contributed by atoms with Crippen LogP contribution in [-0.4, -0.2) is 20.6 Å². The Morgan fingerprint density at radius 3 is 2.68 bits per heavy atom. The third kappa shape index (κ3) is 2.20. The highest BCUT2D eigenvalue weighted by Crippen LogP contribution is 2.30. The number of anilines is 1. The molecule has 1 heterocycles. The summed E-state index contributed by atoms with van der Waals surface area (Å²) < 4.78 is 1.74. The third-order valence-corrected chi connectivity index (χ3v) is 3.88. The maximum absolute atomic E-state index is 11.5. The van der Waals surface area contributed by atoms with Gasteiger partial charge in [0.1, 0.15) is 11.9 Å². The molecule has 0 aliphatic rings. The largest absolute Gasteiger partial charge is 0.480 e.